The molecule has 3 aliphatic rings. The smallest absolute Gasteiger partial charge is 0.0707 e. The van der Waals surface area contributed by atoms with Gasteiger partial charge in [0.2, 0.25) is 0 Å². The van der Waals surface area contributed by atoms with Gasteiger partial charge in [-0.15, -0.1) is 0 Å². The quantitative estimate of drug-likeness (QED) is 0.786. The molecule has 0 radical (unpaired) electrons. The van der Waals surface area contributed by atoms with Gasteiger partial charge >= 0.3 is 0 Å². The third kappa shape index (κ3) is 1.90. The van der Waals surface area contributed by atoms with Crippen LogP contribution in [0.2, 0.25) is 0 Å². The summed E-state index contributed by atoms with van der Waals surface area (Å²) in [5.74, 6) is 2.54. The lowest BCUT2D eigenvalue weighted by Gasteiger charge is -2.48. The highest BCUT2D eigenvalue weighted by atomic mass is 32.2. The van der Waals surface area contributed by atoms with Crippen LogP contribution in [0.1, 0.15) is 25.7 Å². The van der Waals surface area contributed by atoms with E-state index in [0.717, 1.165) is 19.6 Å². The van der Waals surface area contributed by atoms with Crippen molar-refractivity contribution in [1.29, 1.82) is 0 Å². The maximum absolute atomic E-state index is 6.08. The second kappa shape index (κ2) is 4.48. The van der Waals surface area contributed by atoms with Crippen LogP contribution in [0.25, 0.3) is 0 Å². The van der Waals surface area contributed by atoms with Crippen molar-refractivity contribution >= 4 is 11.8 Å². The van der Waals surface area contributed by atoms with Crippen molar-refractivity contribution in [3.63, 3.8) is 0 Å². The number of thioether (sulfide) groups is 1. The van der Waals surface area contributed by atoms with E-state index in [0.29, 0.717) is 12.2 Å². The summed E-state index contributed by atoms with van der Waals surface area (Å²) in [7, 11) is 0. The molecular weight excluding hydrogens is 220 g/mol. The van der Waals surface area contributed by atoms with Gasteiger partial charge < -0.3 is 10.5 Å². The molecule has 16 heavy (non-hydrogen) atoms. The zero-order valence-electron chi connectivity index (χ0n) is 9.86. The maximum atomic E-state index is 6.08. The van der Waals surface area contributed by atoms with E-state index in [9.17, 15) is 0 Å². The van der Waals surface area contributed by atoms with E-state index in [1.165, 1.54) is 37.2 Å². The molecule has 3 fully saturated rings. The van der Waals surface area contributed by atoms with E-state index in [4.69, 9.17) is 10.5 Å². The summed E-state index contributed by atoms with van der Waals surface area (Å²) in [6, 6.07) is 0. The van der Waals surface area contributed by atoms with Crippen LogP contribution in [0, 0.1) is 0 Å². The van der Waals surface area contributed by atoms with E-state index in [1.807, 2.05) is 0 Å². The average molecular weight is 242 g/mol. The fourth-order valence-corrected chi connectivity index (χ4v) is 4.70. The van der Waals surface area contributed by atoms with Gasteiger partial charge in [0.1, 0.15) is 0 Å². The van der Waals surface area contributed by atoms with Crippen LogP contribution in [-0.2, 0) is 4.74 Å². The number of hydrogen-bond donors (Lipinski definition) is 1. The van der Waals surface area contributed by atoms with Crippen LogP contribution < -0.4 is 5.73 Å². The molecule has 0 amide bonds. The Kier molecular flexibility index (Phi) is 3.17. The van der Waals surface area contributed by atoms with Crippen molar-refractivity contribution in [2.24, 2.45) is 5.73 Å². The number of likely N-dealkylation sites (tertiary alicyclic amines) is 1. The third-order valence-electron chi connectivity index (χ3n) is 4.40. The van der Waals surface area contributed by atoms with Crippen molar-refractivity contribution in [1.82, 2.24) is 4.90 Å². The third-order valence-corrected chi connectivity index (χ3v) is 5.71. The molecule has 0 aliphatic carbocycles. The van der Waals surface area contributed by atoms with Crippen LogP contribution in [0.15, 0.2) is 0 Å². The van der Waals surface area contributed by atoms with Gasteiger partial charge in [-0.05, 0) is 31.4 Å². The second-order valence-electron chi connectivity index (χ2n) is 5.45. The van der Waals surface area contributed by atoms with Crippen molar-refractivity contribution in [3.05, 3.63) is 0 Å². The highest BCUT2D eigenvalue weighted by Crippen LogP contribution is 2.36. The molecule has 92 valence electrons. The van der Waals surface area contributed by atoms with Crippen LogP contribution in [-0.4, -0.2) is 53.8 Å². The number of fused-ring (bicyclic) bond motifs is 2. The van der Waals surface area contributed by atoms with Gasteiger partial charge in [0.15, 0.2) is 0 Å². The molecule has 3 unspecified atom stereocenters. The van der Waals surface area contributed by atoms with Crippen LogP contribution in [0.5, 0.6) is 0 Å². The van der Waals surface area contributed by atoms with Gasteiger partial charge in [-0.1, -0.05) is 0 Å². The molecule has 0 aromatic heterocycles. The fraction of sp³-hybridized carbons (Fsp3) is 1.00. The maximum Gasteiger partial charge on any atom is 0.0707 e. The molecule has 3 nitrogen and oxygen atoms in total. The predicted octanol–water partition coefficient (Wildman–Crippen LogP) is 1.07. The Morgan fingerprint density at radius 2 is 2.06 bits per heavy atom. The van der Waals surface area contributed by atoms with Gasteiger partial charge in [-0.3, -0.25) is 4.90 Å². The number of ether oxygens (including phenoxy) is 1. The van der Waals surface area contributed by atoms with Crippen molar-refractivity contribution < 1.29 is 4.74 Å². The van der Waals surface area contributed by atoms with E-state index in [1.54, 1.807) is 0 Å². The van der Waals surface area contributed by atoms with E-state index in [2.05, 4.69) is 16.7 Å². The molecule has 3 heterocycles. The SMILES string of the molecule is NCC1(N2CC3CCC(C2)O3)CCCSC1. The fourth-order valence-electron chi connectivity index (χ4n) is 3.38. The Bertz CT molecular complexity index is 243. The Labute approximate surface area is 102 Å². The molecule has 2 bridgehead atoms. The Morgan fingerprint density at radius 1 is 1.31 bits per heavy atom. The van der Waals surface area contributed by atoms with Gasteiger partial charge in [-0.25, -0.2) is 0 Å². The first kappa shape index (κ1) is 11.3. The standard InChI is InChI=1S/C12H22N2OS/c13-8-12(4-1-5-16-9-12)14-6-10-2-3-11(7-14)15-10/h10-11H,1-9,13H2. The molecule has 0 aromatic carbocycles. The van der Waals surface area contributed by atoms with E-state index < -0.39 is 0 Å². The summed E-state index contributed by atoms with van der Waals surface area (Å²) < 4.78 is 5.92. The first-order valence-corrected chi connectivity index (χ1v) is 7.66. The first-order chi connectivity index (χ1) is 7.82. The lowest BCUT2D eigenvalue weighted by molar-refractivity contribution is -0.0739. The summed E-state index contributed by atoms with van der Waals surface area (Å²) in [4.78, 5) is 2.66. The second-order valence-corrected chi connectivity index (χ2v) is 6.55. The largest absolute Gasteiger partial charge is 0.372 e. The minimum Gasteiger partial charge on any atom is -0.372 e. The minimum atomic E-state index is 0.285. The average Bonchev–Trinajstić information content (AvgIpc) is 2.69. The molecule has 0 spiro atoms. The van der Waals surface area contributed by atoms with Gasteiger partial charge in [0.05, 0.1) is 12.2 Å². The molecule has 3 aliphatic heterocycles. The molecule has 4 heteroatoms. The summed E-state index contributed by atoms with van der Waals surface area (Å²) in [5.41, 5.74) is 6.37. The van der Waals surface area contributed by atoms with Gasteiger partial charge in [0.25, 0.3) is 0 Å². The highest BCUT2D eigenvalue weighted by molar-refractivity contribution is 7.99. The van der Waals surface area contributed by atoms with Gasteiger partial charge in [0, 0.05) is 30.9 Å². The summed E-state index contributed by atoms with van der Waals surface area (Å²) in [6.07, 6.45) is 6.12. The molecule has 3 rings (SSSR count). The zero-order chi connectivity index (χ0) is 11.0. The molecule has 3 saturated heterocycles. The van der Waals surface area contributed by atoms with E-state index in [-0.39, 0.29) is 5.54 Å². The molecule has 2 N–H and O–H groups in total. The summed E-state index contributed by atoms with van der Waals surface area (Å²) in [5, 5.41) is 0. The molecule has 0 aromatic rings. The number of rotatable bonds is 2. The van der Waals surface area contributed by atoms with Crippen LogP contribution >= 0.6 is 11.8 Å². The zero-order valence-corrected chi connectivity index (χ0v) is 10.7. The molecule has 0 saturated carbocycles. The Morgan fingerprint density at radius 3 is 2.62 bits per heavy atom. The summed E-state index contributed by atoms with van der Waals surface area (Å²) >= 11 is 2.08. The minimum absolute atomic E-state index is 0.285. The normalized spacial score (nSPS) is 44.8. The van der Waals surface area contributed by atoms with Crippen LogP contribution in [0.3, 0.4) is 0 Å². The van der Waals surface area contributed by atoms with Crippen LogP contribution in [0.4, 0.5) is 0 Å². The predicted molar refractivity (Wildman–Crippen MR) is 67.8 cm³/mol. The monoisotopic (exact) mass is 242 g/mol. The number of hydrogen-bond acceptors (Lipinski definition) is 4. The van der Waals surface area contributed by atoms with Gasteiger partial charge in [-0.2, -0.15) is 11.8 Å². The number of nitrogens with two attached hydrogens (primary N) is 1. The Hall–Kier alpha value is 0.230. The molecular formula is C12H22N2OS. The van der Waals surface area contributed by atoms with E-state index >= 15 is 0 Å². The lowest BCUT2D eigenvalue weighted by Crippen LogP contribution is -2.61. The number of nitrogens with zero attached hydrogens (tertiary/aromatic N) is 1. The first-order valence-electron chi connectivity index (χ1n) is 6.51. The van der Waals surface area contributed by atoms with Crippen molar-refractivity contribution in [2.45, 2.75) is 43.4 Å². The Balaban J connectivity index is 1.74. The van der Waals surface area contributed by atoms with Crippen molar-refractivity contribution in [3.8, 4) is 0 Å². The summed E-state index contributed by atoms with van der Waals surface area (Å²) in [6.45, 7) is 3.06. The number of morpholine rings is 1. The topological polar surface area (TPSA) is 38.5 Å². The lowest BCUT2D eigenvalue weighted by atomic mass is 9.92. The van der Waals surface area contributed by atoms with Crippen molar-refractivity contribution in [2.75, 3.05) is 31.1 Å². The molecule has 3 atom stereocenters. The highest BCUT2D eigenvalue weighted by Gasteiger charge is 2.44.